The van der Waals surface area contributed by atoms with E-state index in [0.29, 0.717) is 5.69 Å². The van der Waals surface area contributed by atoms with Crippen LogP contribution < -0.4 is 40.6 Å². The van der Waals surface area contributed by atoms with Gasteiger partial charge in [0.15, 0.2) is 11.6 Å². The molecule has 4 rings (SSSR count). The van der Waals surface area contributed by atoms with Crippen molar-refractivity contribution in [1.29, 1.82) is 0 Å². The zero-order chi connectivity index (χ0) is 20.9. The number of ketones is 2. The maximum atomic E-state index is 13.1. The van der Waals surface area contributed by atoms with Crippen LogP contribution in [0.5, 0.6) is 5.75 Å². The van der Waals surface area contributed by atoms with Crippen molar-refractivity contribution >= 4 is 38.7 Å². The summed E-state index contributed by atoms with van der Waals surface area (Å²) in [6.45, 7) is 0. The van der Waals surface area contributed by atoms with E-state index < -0.39 is 32.3 Å². The van der Waals surface area contributed by atoms with Gasteiger partial charge in [0.05, 0.1) is 27.4 Å². The molecule has 0 amide bonds. The topological polar surface area (TPSA) is 150 Å². The number of nitrogens with two attached hydrogens (primary N) is 1. The van der Waals surface area contributed by atoms with Gasteiger partial charge in [-0.2, -0.15) is 0 Å². The third kappa shape index (κ3) is 3.62. The smallest absolute Gasteiger partial charge is 0.744 e. The molecule has 30 heavy (non-hydrogen) atoms. The molecule has 3 aromatic rings. The molecule has 0 bridgehead atoms. The molecule has 1 aliphatic rings. The number of carbonyl (C=O) groups excluding carboxylic acids is 2. The minimum Gasteiger partial charge on any atom is -0.744 e. The maximum absolute atomic E-state index is 13.1. The normalized spacial score (nSPS) is 12.6. The number of hydrogen-bond donors (Lipinski definition) is 3. The van der Waals surface area contributed by atoms with Crippen LogP contribution in [0.25, 0.3) is 0 Å². The Morgan fingerprint density at radius 2 is 1.43 bits per heavy atom. The van der Waals surface area contributed by atoms with Crippen LogP contribution in [0.1, 0.15) is 31.8 Å². The van der Waals surface area contributed by atoms with Gasteiger partial charge in [-0.15, -0.1) is 0 Å². The van der Waals surface area contributed by atoms with Crippen LogP contribution in [0.15, 0.2) is 59.5 Å². The van der Waals surface area contributed by atoms with Gasteiger partial charge in [-0.3, -0.25) is 9.59 Å². The minimum absolute atomic E-state index is 0. The summed E-state index contributed by atoms with van der Waals surface area (Å²) in [5.41, 5.74) is 5.43. The number of phenolic OH excluding ortho intramolecular Hbond substituents is 1. The Balaban J connectivity index is 0.00000256. The molecule has 0 saturated heterocycles. The molecule has 0 atom stereocenters. The Labute approximate surface area is 193 Å². The van der Waals surface area contributed by atoms with Gasteiger partial charge in [-0.05, 0) is 30.3 Å². The molecule has 0 radical (unpaired) electrons. The van der Waals surface area contributed by atoms with Crippen LogP contribution in [0.3, 0.4) is 0 Å². The Hall–Kier alpha value is -2.69. The SMILES string of the molecule is Nc1c(S(=O)(=O)[O-])cc(Nc2ccc(O)cc2)c2c1C(=O)c1ccccc1C2=O.[Na+]. The molecule has 10 heteroatoms. The standard InChI is InChI=1S/C20H14N2O6S.Na/c21-18-15(29(26,27)28)9-14(22-10-5-7-11(23)8-6-10)16-17(18)20(25)13-4-2-1-3-12(13)19(16)24;/h1-9,22-23H,21H2,(H,26,27,28);/q;+1/p-1. The average Bonchev–Trinajstić information content (AvgIpc) is 2.68. The monoisotopic (exact) mass is 432 g/mol. The number of rotatable bonds is 3. The summed E-state index contributed by atoms with van der Waals surface area (Å²) < 4.78 is 35.2. The van der Waals surface area contributed by atoms with Crippen molar-refractivity contribution in [1.82, 2.24) is 0 Å². The number of anilines is 3. The van der Waals surface area contributed by atoms with Crippen LogP contribution in [0, 0.1) is 0 Å². The third-order valence-corrected chi connectivity index (χ3v) is 5.49. The van der Waals surface area contributed by atoms with Gasteiger partial charge in [0.25, 0.3) is 0 Å². The van der Waals surface area contributed by atoms with E-state index >= 15 is 0 Å². The molecular weight excluding hydrogens is 419 g/mol. The number of fused-ring (bicyclic) bond motifs is 2. The van der Waals surface area contributed by atoms with Crippen molar-refractivity contribution in [2.45, 2.75) is 4.90 Å². The molecule has 0 saturated carbocycles. The summed E-state index contributed by atoms with van der Waals surface area (Å²) in [6.07, 6.45) is 0. The van der Waals surface area contributed by atoms with Crippen molar-refractivity contribution in [3.8, 4) is 5.75 Å². The number of nitrogens with one attached hydrogen (secondary N) is 1. The van der Waals surface area contributed by atoms with E-state index in [4.69, 9.17) is 5.73 Å². The molecule has 1 aliphatic carbocycles. The second-order valence-electron chi connectivity index (χ2n) is 6.42. The summed E-state index contributed by atoms with van der Waals surface area (Å²) in [5, 5.41) is 12.3. The number of benzene rings is 3. The zero-order valence-corrected chi connectivity index (χ0v) is 18.5. The number of phenols is 1. The molecule has 0 aliphatic heterocycles. The average molecular weight is 432 g/mol. The van der Waals surface area contributed by atoms with Crippen molar-refractivity contribution in [3.63, 3.8) is 0 Å². The predicted molar refractivity (Wildman–Crippen MR) is 104 cm³/mol. The van der Waals surface area contributed by atoms with E-state index in [1.807, 2.05) is 0 Å². The Bertz CT molecular complexity index is 1300. The van der Waals surface area contributed by atoms with Crippen LogP contribution in [0.2, 0.25) is 0 Å². The van der Waals surface area contributed by atoms with Gasteiger partial charge in [0, 0.05) is 16.8 Å². The predicted octanol–water partition coefficient (Wildman–Crippen LogP) is -0.598. The maximum Gasteiger partial charge on any atom is 1.00 e. The van der Waals surface area contributed by atoms with E-state index in [-0.39, 0.29) is 63.2 Å². The van der Waals surface area contributed by atoms with E-state index in [0.717, 1.165) is 6.07 Å². The second-order valence-corrected chi connectivity index (χ2v) is 7.76. The Morgan fingerprint density at radius 3 is 1.97 bits per heavy atom. The van der Waals surface area contributed by atoms with Gasteiger partial charge in [0.1, 0.15) is 15.9 Å². The summed E-state index contributed by atoms with van der Waals surface area (Å²) in [5.74, 6) is -1.18. The van der Waals surface area contributed by atoms with Gasteiger partial charge < -0.3 is 20.7 Å². The van der Waals surface area contributed by atoms with E-state index in [1.54, 1.807) is 12.1 Å². The first-order chi connectivity index (χ1) is 13.7. The summed E-state index contributed by atoms with van der Waals surface area (Å²) in [6, 6.07) is 12.7. The summed E-state index contributed by atoms with van der Waals surface area (Å²) in [7, 11) is -5.03. The Kier molecular flexibility index (Phi) is 5.76. The van der Waals surface area contributed by atoms with Crippen molar-refractivity contribution in [2.24, 2.45) is 0 Å². The molecule has 146 valence electrons. The summed E-state index contributed by atoms with van der Waals surface area (Å²) >= 11 is 0. The van der Waals surface area contributed by atoms with Gasteiger partial charge >= 0.3 is 29.6 Å². The number of aromatic hydroxyl groups is 1. The first-order valence-electron chi connectivity index (χ1n) is 8.35. The molecule has 0 spiro atoms. The van der Waals surface area contributed by atoms with Crippen LogP contribution in [-0.4, -0.2) is 29.6 Å². The second kappa shape index (κ2) is 7.86. The number of hydrogen-bond acceptors (Lipinski definition) is 8. The molecule has 0 heterocycles. The molecule has 8 nitrogen and oxygen atoms in total. The van der Waals surface area contributed by atoms with Crippen molar-refractivity contribution < 1.29 is 57.2 Å². The van der Waals surface area contributed by atoms with E-state index in [2.05, 4.69) is 5.32 Å². The van der Waals surface area contributed by atoms with E-state index in [9.17, 15) is 27.7 Å². The van der Waals surface area contributed by atoms with E-state index in [1.165, 1.54) is 36.4 Å². The first-order valence-corrected chi connectivity index (χ1v) is 9.76. The van der Waals surface area contributed by atoms with Crippen LogP contribution in [-0.2, 0) is 10.1 Å². The van der Waals surface area contributed by atoms with Crippen LogP contribution in [0.4, 0.5) is 17.1 Å². The third-order valence-electron chi connectivity index (χ3n) is 4.62. The molecule has 0 fully saturated rings. The largest absolute Gasteiger partial charge is 1.00 e. The molecule has 0 aromatic heterocycles. The van der Waals surface area contributed by atoms with Crippen molar-refractivity contribution in [2.75, 3.05) is 11.1 Å². The number of carbonyl (C=O) groups is 2. The van der Waals surface area contributed by atoms with Crippen LogP contribution >= 0.6 is 0 Å². The quantitative estimate of drug-likeness (QED) is 0.168. The van der Waals surface area contributed by atoms with Gasteiger partial charge in [-0.25, -0.2) is 8.42 Å². The fourth-order valence-electron chi connectivity index (χ4n) is 3.30. The van der Waals surface area contributed by atoms with Crippen molar-refractivity contribution in [3.05, 3.63) is 76.9 Å². The number of nitrogen functional groups attached to an aromatic ring is 1. The Morgan fingerprint density at radius 1 is 0.900 bits per heavy atom. The summed E-state index contributed by atoms with van der Waals surface area (Å²) in [4.78, 5) is 25.3. The van der Waals surface area contributed by atoms with Gasteiger partial charge in [0.2, 0.25) is 0 Å². The first kappa shape index (κ1) is 22.0. The minimum atomic E-state index is -5.03. The fraction of sp³-hybridized carbons (Fsp3) is 0. The molecular formula is C20H13N2NaO6S. The van der Waals surface area contributed by atoms with Gasteiger partial charge in [-0.1, -0.05) is 24.3 Å². The molecule has 4 N–H and O–H groups in total. The fourth-order valence-corrected chi connectivity index (χ4v) is 3.93. The zero-order valence-electron chi connectivity index (χ0n) is 15.7. The molecule has 0 unspecified atom stereocenters. The molecule has 3 aromatic carbocycles.